The van der Waals surface area contributed by atoms with Gasteiger partial charge >= 0.3 is 5.97 Å². The maximum absolute atomic E-state index is 12.7. The van der Waals surface area contributed by atoms with Crippen LogP contribution in [0.15, 0.2) is 58.1 Å². The number of aromatic nitrogens is 4. The van der Waals surface area contributed by atoms with Gasteiger partial charge in [0.25, 0.3) is 10.0 Å². The van der Waals surface area contributed by atoms with Crippen molar-refractivity contribution in [3.8, 4) is 11.5 Å². The van der Waals surface area contributed by atoms with Crippen LogP contribution in [0, 0.1) is 0 Å². The molecule has 0 fully saturated rings. The van der Waals surface area contributed by atoms with E-state index in [9.17, 15) is 18.0 Å². The highest BCUT2D eigenvalue weighted by molar-refractivity contribution is 7.98. The molecule has 2 aromatic carbocycles. The highest BCUT2D eigenvalue weighted by atomic mass is 32.2. The molecule has 232 valence electrons. The molecule has 0 unspecified atom stereocenters. The van der Waals surface area contributed by atoms with E-state index < -0.39 is 27.9 Å². The third kappa shape index (κ3) is 9.55. The van der Waals surface area contributed by atoms with Gasteiger partial charge in [-0.15, -0.1) is 16.4 Å². The fraction of sp³-hybridized carbons (Fsp3) is 0.320. The van der Waals surface area contributed by atoms with Crippen LogP contribution < -0.4 is 19.9 Å². The SMILES string of the molecule is COC(=O)[C@H](CSCc1cccc(OCCN=[N+]=[N-])c1)NC(=O)Cn1cc(COc2ccc3sc(S(N)(=O)=O)nc3c2)nn1. The number of benzene rings is 2. The van der Waals surface area contributed by atoms with Crippen molar-refractivity contribution in [3.63, 3.8) is 0 Å². The normalized spacial score (nSPS) is 11.9. The number of azide groups is 1. The van der Waals surface area contributed by atoms with Crippen molar-refractivity contribution < 1.29 is 32.2 Å². The minimum absolute atomic E-state index is 0.0285. The highest BCUT2D eigenvalue weighted by Gasteiger charge is 2.22. The molecule has 2 aromatic heterocycles. The predicted octanol–water partition coefficient (Wildman–Crippen LogP) is 2.39. The molecule has 19 heteroatoms. The first kappa shape index (κ1) is 32.5. The van der Waals surface area contributed by atoms with E-state index in [2.05, 4.69) is 30.6 Å². The molecule has 1 atom stereocenters. The second-order valence-electron chi connectivity index (χ2n) is 8.96. The largest absolute Gasteiger partial charge is 0.493 e. The molecule has 4 rings (SSSR count). The second kappa shape index (κ2) is 15.3. The van der Waals surface area contributed by atoms with Gasteiger partial charge in [0.1, 0.15) is 36.4 Å². The Balaban J connectivity index is 1.26. The summed E-state index contributed by atoms with van der Waals surface area (Å²) in [6, 6.07) is 11.4. The third-order valence-corrected chi connectivity index (χ3v) is 9.12. The molecule has 0 aliphatic carbocycles. The first-order valence-corrected chi connectivity index (χ1v) is 16.3. The lowest BCUT2D eigenvalue weighted by molar-refractivity contribution is -0.144. The van der Waals surface area contributed by atoms with Gasteiger partial charge in [0.15, 0.2) is 0 Å². The lowest BCUT2D eigenvalue weighted by Crippen LogP contribution is -2.44. The van der Waals surface area contributed by atoms with Crippen LogP contribution in [0.2, 0.25) is 0 Å². The number of carbonyl (C=O) groups excluding carboxylic acids is 2. The molecule has 4 aromatic rings. The number of esters is 1. The lowest BCUT2D eigenvalue weighted by Gasteiger charge is -2.16. The van der Waals surface area contributed by atoms with Crippen LogP contribution in [0.4, 0.5) is 0 Å². The monoisotopic (exact) mass is 661 g/mol. The summed E-state index contributed by atoms with van der Waals surface area (Å²) >= 11 is 2.39. The smallest absolute Gasteiger partial charge is 0.329 e. The van der Waals surface area contributed by atoms with Crippen LogP contribution in [0.3, 0.4) is 0 Å². The van der Waals surface area contributed by atoms with Crippen LogP contribution in [-0.4, -0.2) is 72.3 Å². The number of nitrogens with zero attached hydrogens (tertiary/aromatic N) is 7. The second-order valence-corrected chi connectivity index (χ2v) is 12.8. The topological polar surface area (TPSA) is 226 Å². The molecule has 3 N–H and O–H groups in total. The van der Waals surface area contributed by atoms with E-state index in [1.807, 2.05) is 18.2 Å². The van der Waals surface area contributed by atoms with E-state index in [0.717, 1.165) is 16.9 Å². The van der Waals surface area contributed by atoms with E-state index in [-0.39, 0.29) is 36.4 Å². The van der Waals surface area contributed by atoms with Crippen LogP contribution >= 0.6 is 23.1 Å². The summed E-state index contributed by atoms with van der Waals surface area (Å²) in [5.41, 5.74) is 10.2. The third-order valence-electron chi connectivity index (χ3n) is 5.66. The van der Waals surface area contributed by atoms with Crippen LogP contribution in [0.25, 0.3) is 20.7 Å². The van der Waals surface area contributed by atoms with Crippen molar-refractivity contribution >= 4 is 55.2 Å². The number of fused-ring (bicyclic) bond motifs is 1. The van der Waals surface area contributed by atoms with Crippen LogP contribution in [0.5, 0.6) is 11.5 Å². The standard InChI is InChI=1S/C25H27N9O7S3/c1-39-24(36)21(15-42-14-16-3-2-4-18(9-16)40-8-7-28-32-26)29-23(35)12-34-11-17(31-33-34)13-41-19-5-6-22-20(10-19)30-25(43-22)44(27,37)38/h2-6,9-11,21H,7-8,12-15H2,1H3,(H,29,35)(H2,27,37,38)/t21-/m0/s1. The number of amides is 1. The number of nitrogens with two attached hydrogens (primary N) is 1. The van der Waals surface area contributed by atoms with Gasteiger partial charge in [-0.25, -0.2) is 28.0 Å². The van der Waals surface area contributed by atoms with E-state index in [4.69, 9.17) is 24.9 Å². The molecule has 0 spiro atoms. The van der Waals surface area contributed by atoms with Crippen molar-refractivity contribution in [2.24, 2.45) is 10.3 Å². The molecule has 1 amide bonds. The Morgan fingerprint density at radius 3 is 2.82 bits per heavy atom. The molecule has 0 radical (unpaired) electrons. The average molecular weight is 662 g/mol. The molecular formula is C25H27N9O7S3. The van der Waals surface area contributed by atoms with Gasteiger partial charge in [-0.05, 0) is 35.4 Å². The van der Waals surface area contributed by atoms with Crippen LogP contribution in [-0.2, 0) is 43.3 Å². The first-order valence-electron chi connectivity index (χ1n) is 12.8. The zero-order chi connectivity index (χ0) is 31.5. The van der Waals surface area contributed by atoms with Gasteiger partial charge in [0, 0.05) is 22.5 Å². The minimum atomic E-state index is -3.90. The summed E-state index contributed by atoms with van der Waals surface area (Å²) in [5.74, 6) is 0.825. The number of thiazole rings is 1. The summed E-state index contributed by atoms with van der Waals surface area (Å²) < 4.78 is 41.0. The number of rotatable bonds is 16. The fourth-order valence-corrected chi connectivity index (χ4v) is 6.33. The molecule has 2 heterocycles. The van der Waals surface area contributed by atoms with E-state index in [1.54, 1.807) is 24.3 Å². The number of hydrogen-bond donors (Lipinski definition) is 2. The summed E-state index contributed by atoms with van der Waals surface area (Å²) in [7, 11) is -2.66. The maximum atomic E-state index is 12.7. The molecule has 16 nitrogen and oxygen atoms in total. The number of ether oxygens (including phenoxy) is 3. The Bertz CT molecular complexity index is 1770. The number of nitrogens with one attached hydrogen (secondary N) is 1. The summed E-state index contributed by atoms with van der Waals surface area (Å²) in [5, 5.41) is 19.2. The van der Waals surface area contributed by atoms with Gasteiger partial charge in [-0.2, -0.15) is 11.8 Å². The Labute approximate surface area is 259 Å². The quantitative estimate of drug-likeness (QED) is 0.0582. The molecule has 0 bridgehead atoms. The summed E-state index contributed by atoms with van der Waals surface area (Å²) in [6.07, 6.45) is 1.53. The van der Waals surface area contributed by atoms with Crippen molar-refractivity contribution in [1.29, 1.82) is 0 Å². The van der Waals surface area contributed by atoms with E-state index >= 15 is 0 Å². The van der Waals surface area contributed by atoms with Crippen molar-refractivity contribution in [3.05, 3.63) is 70.4 Å². The fourth-order valence-electron chi connectivity index (χ4n) is 3.70. The first-order chi connectivity index (χ1) is 21.1. The number of thioether (sulfide) groups is 1. The summed E-state index contributed by atoms with van der Waals surface area (Å²) in [4.78, 5) is 31.7. The molecule has 44 heavy (non-hydrogen) atoms. The average Bonchev–Trinajstić information content (AvgIpc) is 3.64. The lowest BCUT2D eigenvalue weighted by atomic mass is 10.2. The molecule has 0 saturated heterocycles. The highest BCUT2D eigenvalue weighted by Crippen LogP contribution is 2.28. The van der Waals surface area contributed by atoms with E-state index in [0.29, 0.717) is 33.2 Å². The Morgan fingerprint density at radius 1 is 1.23 bits per heavy atom. The number of carbonyl (C=O) groups is 2. The molecular weight excluding hydrogens is 635 g/mol. The van der Waals surface area contributed by atoms with Gasteiger partial charge in [0.05, 0.1) is 36.7 Å². The number of methoxy groups -OCH3 is 1. The zero-order valence-corrected chi connectivity index (χ0v) is 25.7. The number of hydrogen-bond acceptors (Lipinski definition) is 13. The summed E-state index contributed by atoms with van der Waals surface area (Å²) in [6.45, 7) is 0.313. The molecule has 0 aliphatic rings. The number of primary sulfonamides is 1. The Morgan fingerprint density at radius 2 is 2.05 bits per heavy atom. The van der Waals surface area contributed by atoms with Gasteiger partial charge in [0.2, 0.25) is 10.2 Å². The predicted molar refractivity (Wildman–Crippen MR) is 161 cm³/mol. The molecule has 0 aliphatic heterocycles. The molecule has 0 saturated carbocycles. The zero-order valence-electron chi connectivity index (χ0n) is 23.2. The maximum Gasteiger partial charge on any atom is 0.329 e. The van der Waals surface area contributed by atoms with E-state index in [1.165, 1.54) is 29.8 Å². The van der Waals surface area contributed by atoms with Crippen molar-refractivity contribution in [1.82, 2.24) is 25.3 Å². The Kier molecular flexibility index (Phi) is 11.3. The Hall–Kier alpha value is -4.42. The van der Waals surface area contributed by atoms with Gasteiger partial charge in [-0.1, -0.05) is 22.5 Å². The van der Waals surface area contributed by atoms with Gasteiger partial charge in [-0.3, -0.25) is 4.79 Å². The van der Waals surface area contributed by atoms with Crippen LogP contribution in [0.1, 0.15) is 11.3 Å². The van der Waals surface area contributed by atoms with Crippen molar-refractivity contribution in [2.75, 3.05) is 26.0 Å². The van der Waals surface area contributed by atoms with Gasteiger partial charge < -0.3 is 19.5 Å². The van der Waals surface area contributed by atoms with Crippen molar-refractivity contribution in [2.45, 2.75) is 29.3 Å². The minimum Gasteiger partial charge on any atom is -0.493 e. The number of sulfonamides is 1.